The Balaban J connectivity index is 2.22. The van der Waals surface area contributed by atoms with Gasteiger partial charge in [-0.2, -0.15) is 4.31 Å². The van der Waals surface area contributed by atoms with E-state index in [-0.39, 0.29) is 17.1 Å². The van der Waals surface area contributed by atoms with Crippen molar-refractivity contribution in [3.05, 3.63) is 23.2 Å². The van der Waals surface area contributed by atoms with Gasteiger partial charge in [-0.15, -0.1) is 0 Å². The molecule has 1 aromatic rings. The van der Waals surface area contributed by atoms with Crippen LogP contribution in [-0.2, 0) is 10.0 Å². The van der Waals surface area contributed by atoms with Gasteiger partial charge in [0.1, 0.15) is 0 Å². The molecule has 0 heterocycles. The first kappa shape index (κ1) is 15.6. The number of hydrogen-bond acceptors (Lipinski definition) is 4. The molecule has 1 fully saturated rings. The molecule has 0 bridgehead atoms. The number of aliphatic hydroxyl groups is 1. The van der Waals surface area contributed by atoms with Gasteiger partial charge in [0, 0.05) is 13.6 Å². The summed E-state index contributed by atoms with van der Waals surface area (Å²) in [6, 6.07) is 4.22. The van der Waals surface area contributed by atoms with Crippen molar-refractivity contribution < 1.29 is 13.5 Å². The third-order valence-corrected chi connectivity index (χ3v) is 5.87. The summed E-state index contributed by atoms with van der Waals surface area (Å²) in [7, 11) is -2.20. The molecule has 0 aromatic heterocycles. The second kappa shape index (κ2) is 5.52. The van der Waals surface area contributed by atoms with E-state index in [1.807, 2.05) is 0 Å². The minimum atomic E-state index is -3.67. The van der Waals surface area contributed by atoms with Crippen molar-refractivity contribution >= 4 is 27.3 Å². The molecule has 1 aliphatic carbocycles. The Morgan fingerprint density at radius 1 is 1.40 bits per heavy atom. The first-order chi connectivity index (χ1) is 9.24. The number of halogens is 1. The zero-order valence-electron chi connectivity index (χ0n) is 11.3. The van der Waals surface area contributed by atoms with Crippen molar-refractivity contribution in [2.75, 3.05) is 19.3 Å². The fraction of sp³-hybridized carbons (Fsp3) is 0.538. The number of nitrogens with zero attached hydrogens (tertiary/aromatic N) is 1. The third-order valence-electron chi connectivity index (χ3n) is 3.73. The third kappa shape index (κ3) is 3.09. The number of hydrogen-bond donors (Lipinski definition) is 2. The van der Waals surface area contributed by atoms with Gasteiger partial charge in [-0.25, -0.2) is 8.42 Å². The number of nitrogens with two attached hydrogens (primary N) is 1. The van der Waals surface area contributed by atoms with Gasteiger partial charge in [-0.05, 0) is 31.0 Å². The number of anilines is 1. The predicted octanol–water partition coefficient (Wildman–Crippen LogP) is 1.85. The zero-order valence-corrected chi connectivity index (χ0v) is 12.9. The van der Waals surface area contributed by atoms with Gasteiger partial charge in [0.15, 0.2) is 0 Å². The molecule has 112 valence electrons. The van der Waals surface area contributed by atoms with Crippen LogP contribution in [0.5, 0.6) is 0 Å². The molecule has 0 aliphatic heterocycles. The fourth-order valence-corrected chi connectivity index (χ4v) is 3.96. The van der Waals surface area contributed by atoms with E-state index in [1.54, 1.807) is 0 Å². The van der Waals surface area contributed by atoms with Crippen LogP contribution in [0.4, 0.5) is 5.69 Å². The lowest BCUT2D eigenvalue weighted by Gasteiger charge is -2.28. The number of likely N-dealkylation sites (N-methyl/N-ethyl adjacent to an activating group) is 1. The van der Waals surface area contributed by atoms with E-state index < -0.39 is 15.6 Å². The maximum Gasteiger partial charge on any atom is 0.242 e. The summed E-state index contributed by atoms with van der Waals surface area (Å²) in [5.41, 5.74) is 4.95. The number of nitrogen functional groups attached to an aromatic ring is 1. The van der Waals surface area contributed by atoms with Crippen LogP contribution in [0, 0.1) is 0 Å². The standard InChI is InChI=1S/C13H19ClN2O3S/c1-16(9-13(17)6-2-3-7-13)20(18,19)10-4-5-11(14)12(15)8-10/h4-5,8,17H,2-3,6-7,9,15H2,1H3. The molecule has 2 rings (SSSR count). The Morgan fingerprint density at radius 2 is 2.00 bits per heavy atom. The fourth-order valence-electron chi connectivity index (χ4n) is 2.55. The number of benzene rings is 1. The molecule has 0 amide bonds. The quantitative estimate of drug-likeness (QED) is 0.830. The Labute approximate surface area is 124 Å². The van der Waals surface area contributed by atoms with Crippen molar-refractivity contribution in [3.8, 4) is 0 Å². The Kier molecular flexibility index (Phi) is 4.30. The van der Waals surface area contributed by atoms with Crippen molar-refractivity contribution in [1.29, 1.82) is 0 Å². The molecule has 7 heteroatoms. The lowest BCUT2D eigenvalue weighted by Crippen LogP contribution is -2.41. The Hall–Kier alpha value is -0.820. The summed E-state index contributed by atoms with van der Waals surface area (Å²) < 4.78 is 26.1. The average Bonchev–Trinajstić information content (AvgIpc) is 2.79. The molecule has 0 saturated heterocycles. The highest BCUT2D eigenvalue weighted by Gasteiger charge is 2.35. The second-order valence-corrected chi connectivity index (χ2v) is 7.83. The van der Waals surface area contributed by atoms with Crippen LogP contribution in [0.1, 0.15) is 25.7 Å². The highest BCUT2D eigenvalue weighted by molar-refractivity contribution is 7.89. The van der Waals surface area contributed by atoms with Crippen LogP contribution < -0.4 is 5.73 Å². The zero-order chi connectivity index (χ0) is 15.0. The Bertz CT molecular complexity index is 598. The topological polar surface area (TPSA) is 83.6 Å². The van der Waals surface area contributed by atoms with Crippen molar-refractivity contribution in [2.24, 2.45) is 0 Å². The molecule has 0 radical (unpaired) electrons. The highest BCUT2D eigenvalue weighted by Crippen LogP contribution is 2.31. The summed E-state index contributed by atoms with van der Waals surface area (Å²) in [5, 5.41) is 10.6. The van der Waals surface area contributed by atoms with Gasteiger partial charge in [0.05, 0.1) is 21.2 Å². The van der Waals surface area contributed by atoms with E-state index in [0.717, 1.165) is 12.8 Å². The smallest absolute Gasteiger partial charge is 0.242 e. The number of rotatable bonds is 4. The van der Waals surface area contributed by atoms with Crippen LogP contribution in [0.25, 0.3) is 0 Å². The maximum absolute atomic E-state index is 12.4. The summed E-state index contributed by atoms with van der Waals surface area (Å²) in [4.78, 5) is 0.0866. The largest absolute Gasteiger partial charge is 0.397 e. The number of sulfonamides is 1. The SMILES string of the molecule is CN(CC1(O)CCCC1)S(=O)(=O)c1ccc(Cl)c(N)c1. The van der Waals surface area contributed by atoms with Gasteiger partial charge >= 0.3 is 0 Å². The second-order valence-electron chi connectivity index (χ2n) is 5.38. The van der Waals surface area contributed by atoms with Crippen molar-refractivity contribution in [2.45, 2.75) is 36.2 Å². The van der Waals surface area contributed by atoms with Crippen LogP contribution in [0.3, 0.4) is 0 Å². The van der Waals surface area contributed by atoms with Crippen molar-refractivity contribution in [1.82, 2.24) is 4.31 Å². The minimum absolute atomic E-state index is 0.0866. The summed E-state index contributed by atoms with van der Waals surface area (Å²) >= 11 is 5.80. The summed E-state index contributed by atoms with van der Waals surface area (Å²) in [6.07, 6.45) is 3.13. The molecule has 20 heavy (non-hydrogen) atoms. The minimum Gasteiger partial charge on any atom is -0.397 e. The lowest BCUT2D eigenvalue weighted by molar-refractivity contribution is 0.0333. The van der Waals surface area contributed by atoms with E-state index in [0.29, 0.717) is 17.9 Å². The molecule has 0 spiro atoms. The summed E-state index contributed by atoms with van der Waals surface area (Å²) in [6.45, 7) is 0.0951. The van der Waals surface area contributed by atoms with Crippen molar-refractivity contribution in [3.63, 3.8) is 0 Å². The molecular weight excluding hydrogens is 300 g/mol. The van der Waals surface area contributed by atoms with Gasteiger partial charge in [-0.1, -0.05) is 24.4 Å². The van der Waals surface area contributed by atoms with Crippen LogP contribution in [0.15, 0.2) is 23.1 Å². The Morgan fingerprint density at radius 3 is 2.55 bits per heavy atom. The van der Waals surface area contributed by atoms with E-state index in [4.69, 9.17) is 17.3 Å². The van der Waals surface area contributed by atoms with E-state index in [2.05, 4.69) is 0 Å². The molecule has 0 atom stereocenters. The molecule has 5 nitrogen and oxygen atoms in total. The first-order valence-corrected chi connectivity index (χ1v) is 8.30. The van der Waals surface area contributed by atoms with E-state index in [1.165, 1.54) is 29.6 Å². The highest BCUT2D eigenvalue weighted by atomic mass is 35.5. The van der Waals surface area contributed by atoms with Gasteiger partial charge in [0.2, 0.25) is 10.0 Å². The van der Waals surface area contributed by atoms with Gasteiger partial charge in [0.25, 0.3) is 0 Å². The van der Waals surface area contributed by atoms with Gasteiger partial charge in [-0.3, -0.25) is 0 Å². The van der Waals surface area contributed by atoms with Crippen LogP contribution >= 0.6 is 11.6 Å². The van der Waals surface area contributed by atoms with Gasteiger partial charge < -0.3 is 10.8 Å². The molecule has 0 unspecified atom stereocenters. The first-order valence-electron chi connectivity index (χ1n) is 6.48. The van der Waals surface area contributed by atoms with Crippen LogP contribution in [0.2, 0.25) is 5.02 Å². The lowest BCUT2D eigenvalue weighted by atomic mass is 10.0. The average molecular weight is 319 g/mol. The molecule has 3 N–H and O–H groups in total. The normalized spacial score (nSPS) is 18.6. The summed E-state index contributed by atoms with van der Waals surface area (Å²) in [5.74, 6) is 0. The molecular formula is C13H19ClN2O3S. The van der Waals surface area contributed by atoms with Crippen LogP contribution in [-0.4, -0.2) is 37.0 Å². The van der Waals surface area contributed by atoms with E-state index in [9.17, 15) is 13.5 Å². The monoisotopic (exact) mass is 318 g/mol. The molecule has 1 aliphatic rings. The van der Waals surface area contributed by atoms with E-state index >= 15 is 0 Å². The maximum atomic E-state index is 12.4. The predicted molar refractivity (Wildman–Crippen MR) is 79.1 cm³/mol. The molecule has 1 aromatic carbocycles. The molecule has 1 saturated carbocycles.